The number of aryl methyl sites for hydroxylation is 1. The topological polar surface area (TPSA) is 59.8 Å². The Morgan fingerprint density at radius 2 is 1.90 bits per heavy atom. The fourth-order valence-corrected chi connectivity index (χ4v) is 2.10. The van der Waals surface area contributed by atoms with Crippen molar-refractivity contribution in [2.75, 3.05) is 0 Å². The number of hydrogen-bond acceptors (Lipinski definition) is 3. The number of carbonyl (C=O) groups is 1. The van der Waals surface area contributed by atoms with Crippen LogP contribution in [0.4, 0.5) is 0 Å². The standard InChI is InChI=1S/C15H14N4O/c1-11-6-2-3-7-12(11)15(20)16-10-19-14-9-5-4-8-13(14)17-18-19/h2-9H,10H2,1H3,(H,16,20). The van der Waals surface area contributed by atoms with Gasteiger partial charge in [-0.05, 0) is 30.7 Å². The van der Waals surface area contributed by atoms with Gasteiger partial charge in [0.15, 0.2) is 0 Å². The van der Waals surface area contributed by atoms with Crippen LogP contribution in [0.25, 0.3) is 11.0 Å². The van der Waals surface area contributed by atoms with Crippen LogP contribution >= 0.6 is 0 Å². The lowest BCUT2D eigenvalue weighted by atomic mass is 10.1. The third-order valence-corrected chi connectivity index (χ3v) is 3.20. The smallest absolute Gasteiger partial charge is 0.252 e. The maximum atomic E-state index is 12.1. The van der Waals surface area contributed by atoms with Gasteiger partial charge in [0, 0.05) is 5.56 Å². The summed E-state index contributed by atoms with van der Waals surface area (Å²) in [5, 5.41) is 10.9. The average molecular weight is 266 g/mol. The maximum Gasteiger partial charge on any atom is 0.252 e. The average Bonchev–Trinajstić information content (AvgIpc) is 2.88. The van der Waals surface area contributed by atoms with Gasteiger partial charge >= 0.3 is 0 Å². The molecule has 1 heterocycles. The molecule has 0 aliphatic carbocycles. The third-order valence-electron chi connectivity index (χ3n) is 3.20. The number of carbonyl (C=O) groups excluding carboxylic acids is 1. The van der Waals surface area contributed by atoms with E-state index in [1.54, 1.807) is 4.68 Å². The first kappa shape index (κ1) is 12.3. The molecule has 0 spiro atoms. The van der Waals surface area contributed by atoms with E-state index in [-0.39, 0.29) is 5.91 Å². The third kappa shape index (κ3) is 2.25. The van der Waals surface area contributed by atoms with Crippen LogP contribution in [0.15, 0.2) is 48.5 Å². The molecule has 0 radical (unpaired) electrons. The summed E-state index contributed by atoms with van der Waals surface area (Å²) < 4.78 is 1.67. The zero-order valence-electron chi connectivity index (χ0n) is 11.1. The molecule has 1 N–H and O–H groups in total. The van der Waals surface area contributed by atoms with Crippen LogP contribution in [-0.2, 0) is 6.67 Å². The highest BCUT2D eigenvalue weighted by atomic mass is 16.1. The van der Waals surface area contributed by atoms with Crippen LogP contribution < -0.4 is 5.32 Å². The zero-order chi connectivity index (χ0) is 13.9. The number of fused-ring (bicyclic) bond motifs is 1. The minimum Gasteiger partial charge on any atom is -0.333 e. The number of para-hydroxylation sites is 1. The van der Waals surface area contributed by atoms with Gasteiger partial charge in [-0.15, -0.1) is 5.10 Å². The van der Waals surface area contributed by atoms with Gasteiger partial charge in [0.05, 0.1) is 5.52 Å². The lowest BCUT2D eigenvalue weighted by molar-refractivity contribution is 0.0940. The molecule has 0 saturated heterocycles. The van der Waals surface area contributed by atoms with Gasteiger partial charge in [-0.2, -0.15) is 0 Å². The van der Waals surface area contributed by atoms with Gasteiger partial charge in [0.1, 0.15) is 12.2 Å². The first-order valence-electron chi connectivity index (χ1n) is 6.38. The number of nitrogens with zero attached hydrogens (tertiary/aromatic N) is 3. The normalized spacial score (nSPS) is 10.7. The number of amides is 1. The Morgan fingerprint density at radius 1 is 1.15 bits per heavy atom. The second kappa shape index (κ2) is 5.13. The van der Waals surface area contributed by atoms with E-state index in [9.17, 15) is 4.79 Å². The fraction of sp³-hybridized carbons (Fsp3) is 0.133. The van der Waals surface area contributed by atoms with Crippen molar-refractivity contribution < 1.29 is 4.79 Å². The van der Waals surface area contributed by atoms with Crippen LogP contribution in [0, 0.1) is 6.92 Å². The molecule has 1 amide bonds. The molecule has 0 aliphatic heterocycles. The second-order valence-electron chi connectivity index (χ2n) is 4.56. The predicted molar refractivity (Wildman–Crippen MR) is 76.2 cm³/mol. The number of rotatable bonds is 3. The Bertz CT molecular complexity index is 763. The minimum atomic E-state index is -0.109. The molecule has 100 valence electrons. The Labute approximate surface area is 116 Å². The highest BCUT2D eigenvalue weighted by Crippen LogP contribution is 2.09. The molecular formula is C15H14N4O. The fourth-order valence-electron chi connectivity index (χ4n) is 2.10. The SMILES string of the molecule is Cc1ccccc1C(=O)NCn1nnc2ccccc21. The van der Waals surface area contributed by atoms with Gasteiger partial charge in [-0.3, -0.25) is 4.79 Å². The number of hydrogen-bond donors (Lipinski definition) is 1. The lowest BCUT2D eigenvalue weighted by Crippen LogP contribution is -2.27. The van der Waals surface area contributed by atoms with Crippen molar-refractivity contribution in [1.82, 2.24) is 20.3 Å². The van der Waals surface area contributed by atoms with Crippen molar-refractivity contribution in [3.05, 3.63) is 59.7 Å². The zero-order valence-corrected chi connectivity index (χ0v) is 11.1. The summed E-state index contributed by atoms with van der Waals surface area (Å²) in [5.74, 6) is -0.109. The van der Waals surface area contributed by atoms with Crippen molar-refractivity contribution in [3.63, 3.8) is 0 Å². The van der Waals surface area contributed by atoms with Gasteiger partial charge in [-0.25, -0.2) is 4.68 Å². The highest BCUT2D eigenvalue weighted by molar-refractivity contribution is 5.95. The molecule has 20 heavy (non-hydrogen) atoms. The molecule has 0 bridgehead atoms. The summed E-state index contributed by atoms with van der Waals surface area (Å²) in [6.07, 6.45) is 0. The van der Waals surface area contributed by atoms with Crippen LogP contribution in [0.1, 0.15) is 15.9 Å². The van der Waals surface area contributed by atoms with E-state index >= 15 is 0 Å². The van der Waals surface area contributed by atoms with E-state index in [0.29, 0.717) is 12.2 Å². The van der Waals surface area contributed by atoms with E-state index in [4.69, 9.17) is 0 Å². The van der Waals surface area contributed by atoms with Crippen molar-refractivity contribution in [3.8, 4) is 0 Å². The van der Waals surface area contributed by atoms with E-state index in [1.807, 2.05) is 55.5 Å². The Hall–Kier alpha value is -2.69. The summed E-state index contributed by atoms with van der Waals surface area (Å²) >= 11 is 0. The van der Waals surface area contributed by atoms with E-state index in [0.717, 1.165) is 16.6 Å². The Morgan fingerprint density at radius 3 is 2.75 bits per heavy atom. The van der Waals surface area contributed by atoms with E-state index in [1.165, 1.54) is 0 Å². The van der Waals surface area contributed by atoms with Crippen molar-refractivity contribution in [1.29, 1.82) is 0 Å². The minimum absolute atomic E-state index is 0.109. The van der Waals surface area contributed by atoms with Gasteiger partial charge in [0.25, 0.3) is 5.91 Å². The molecule has 5 heteroatoms. The maximum absolute atomic E-state index is 12.1. The predicted octanol–water partition coefficient (Wildman–Crippen LogP) is 2.13. The summed E-state index contributed by atoms with van der Waals surface area (Å²) in [6.45, 7) is 2.22. The summed E-state index contributed by atoms with van der Waals surface area (Å²) in [5.41, 5.74) is 3.35. The summed E-state index contributed by atoms with van der Waals surface area (Å²) in [4.78, 5) is 12.1. The van der Waals surface area contributed by atoms with E-state index in [2.05, 4.69) is 15.6 Å². The first-order valence-corrected chi connectivity index (χ1v) is 6.38. The Balaban J connectivity index is 1.77. The highest BCUT2D eigenvalue weighted by Gasteiger charge is 2.09. The molecule has 0 saturated carbocycles. The Kier molecular flexibility index (Phi) is 3.16. The first-order chi connectivity index (χ1) is 9.75. The molecule has 0 unspecified atom stereocenters. The molecule has 3 rings (SSSR count). The summed E-state index contributed by atoms with van der Waals surface area (Å²) in [7, 11) is 0. The van der Waals surface area contributed by atoms with Crippen molar-refractivity contribution in [2.45, 2.75) is 13.6 Å². The lowest BCUT2D eigenvalue weighted by Gasteiger charge is -2.07. The van der Waals surface area contributed by atoms with Crippen LogP contribution in [0.2, 0.25) is 0 Å². The molecule has 0 aliphatic rings. The van der Waals surface area contributed by atoms with Crippen LogP contribution in [0.3, 0.4) is 0 Å². The van der Waals surface area contributed by atoms with Gasteiger partial charge in [0.2, 0.25) is 0 Å². The molecule has 2 aromatic carbocycles. The van der Waals surface area contributed by atoms with Crippen molar-refractivity contribution in [2.24, 2.45) is 0 Å². The molecule has 3 aromatic rings. The molecule has 5 nitrogen and oxygen atoms in total. The molecule has 1 aromatic heterocycles. The number of nitrogens with one attached hydrogen (secondary N) is 1. The van der Waals surface area contributed by atoms with Crippen molar-refractivity contribution >= 4 is 16.9 Å². The number of benzene rings is 2. The van der Waals surface area contributed by atoms with Crippen LogP contribution in [0.5, 0.6) is 0 Å². The largest absolute Gasteiger partial charge is 0.333 e. The molecule has 0 fully saturated rings. The molecular weight excluding hydrogens is 252 g/mol. The quantitative estimate of drug-likeness (QED) is 0.790. The number of aromatic nitrogens is 3. The summed E-state index contributed by atoms with van der Waals surface area (Å²) in [6, 6.07) is 15.1. The van der Waals surface area contributed by atoms with E-state index < -0.39 is 0 Å². The van der Waals surface area contributed by atoms with Gasteiger partial charge in [-0.1, -0.05) is 35.5 Å². The molecule has 0 atom stereocenters. The van der Waals surface area contributed by atoms with Crippen LogP contribution in [-0.4, -0.2) is 20.9 Å². The van der Waals surface area contributed by atoms with Gasteiger partial charge < -0.3 is 5.32 Å². The second-order valence-corrected chi connectivity index (χ2v) is 4.56. The monoisotopic (exact) mass is 266 g/mol.